The van der Waals surface area contributed by atoms with Gasteiger partial charge in [-0.3, -0.25) is 4.98 Å². The molecule has 1 aromatic heterocycles. The Morgan fingerprint density at radius 1 is 1.54 bits per heavy atom. The minimum Gasteiger partial charge on any atom is -0.396 e. The number of rotatable bonds is 3. The van der Waals surface area contributed by atoms with Gasteiger partial charge in [-0.15, -0.1) is 0 Å². The van der Waals surface area contributed by atoms with Crippen LogP contribution in [0.2, 0.25) is 0 Å². The van der Waals surface area contributed by atoms with Crippen molar-refractivity contribution in [3.05, 3.63) is 28.5 Å². The highest BCUT2D eigenvalue weighted by atomic mass is 79.9. The highest BCUT2D eigenvalue weighted by Crippen LogP contribution is 2.34. The lowest BCUT2D eigenvalue weighted by molar-refractivity contribution is -0.0317. The second-order valence-corrected chi connectivity index (χ2v) is 3.37. The number of aliphatic hydroxyl groups is 1. The molecule has 13 heavy (non-hydrogen) atoms. The number of nitrogens with zero attached hydrogens (tertiary/aromatic N) is 1. The normalized spacial score (nSPS) is 11.7. The Morgan fingerprint density at radius 3 is 2.77 bits per heavy atom. The summed E-state index contributed by atoms with van der Waals surface area (Å²) in [6.45, 7) is -0.560. The second kappa shape index (κ2) is 4.11. The molecule has 5 heteroatoms. The molecule has 0 saturated heterocycles. The van der Waals surface area contributed by atoms with Gasteiger partial charge in [0.25, 0.3) is 5.92 Å². The predicted octanol–water partition coefficient (Wildman–Crippen LogP) is 2.32. The summed E-state index contributed by atoms with van der Waals surface area (Å²) in [4.78, 5) is 3.56. The van der Waals surface area contributed by atoms with Gasteiger partial charge in [-0.2, -0.15) is 8.78 Å². The molecule has 0 unspecified atom stereocenters. The van der Waals surface area contributed by atoms with Crippen LogP contribution in [0.15, 0.2) is 22.8 Å². The molecule has 0 atom stereocenters. The van der Waals surface area contributed by atoms with E-state index in [0.29, 0.717) is 0 Å². The number of halogens is 3. The molecule has 1 heterocycles. The molecule has 1 rings (SSSR count). The molecule has 0 amide bonds. The summed E-state index contributed by atoms with van der Waals surface area (Å²) in [6.07, 6.45) is 0.688. The molecule has 0 radical (unpaired) electrons. The van der Waals surface area contributed by atoms with Crippen LogP contribution in [0.25, 0.3) is 0 Å². The summed E-state index contributed by atoms with van der Waals surface area (Å²) in [5, 5.41) is 8.43. The van der Waals surface area contributed by atoms with Gasteiger partial charge in [0.1, 0.15) is 5.69 Å². The van der Waals surface area contributed by atoms with Crippen LogP contribution in [0.3, 0.4) is 0 Å². The first kappa shape index (κ1) is 10.5. The lowest BCUT2D eigenvalue weighted by Crippen LogP contribution is -2.17. The molecule has 0 spiro atoms. The number of hydrogen-bond acceptors (Lipinski definition) is 2. The maximum absolute atomic E-state index is 13.2. The van der Waals surface area contributed by atoms with E-state index in [1.165, 1.54) is 12.3 Å². The summed E-state index contributed by atoms with van der Waals surface area (Å²) in [5.74, 6) is -3.07. The van der Waals surface area contributed by atoms with Crippen molar-refractivity contribution in [3.63, 3.8) is 0 Å². The third-order valence-corrected chi connectivity index (χ3v) is 2.17. The largest absolute Gasteiger partial charge is 0.396 e. The lowest BCUT2D eigenvalue weighted by atomic mass is 10.1. The van der Waals surface area contributed by atoms with Gasteiger partial charge >= 0.3 is 0 Å². The summed E-state index contributed by atoms with van der Waals surface area (Å²) in [5.41, 5.74) is -0.330. The van der Waals surface area contributed by atoms with Crippen LogP contribution in [-0.4, -0.2) is 16.7 Å². The minimum absolute atomic E-state index is 0.258. The molecular formula is C8H8BrF2NO. The first-order valence-corrected chi connectivity index (χ1v) is 4.47. The Kier molecular flexibility index (Phi) is 3.33. The Bertz CT molecular complexity index is 293. The Morgan fingerprint density at radius 2 is 2.23 bits per heavy atom. The summed E-state index contributed by atoms with van der Waals surface area (Å²) in [7, 11) is 0. The van der Waals surface area contributed by atoms with E-state index in [9.17, 15) is 8.78 Å². The van der Waals surface area contributed by atoms with Crippen LogP contribution in [-0.2, 0) is 5.92 Å². The van der Waals surface area contributed by atoms with Crippen LogP contribution in [0.4, 0.5) is 8.78 Å². The van der Waals surface area contributed by atoms with Gasteiger partial charge in [-0.05, 0) is 28.1 Å². The fraction of sp³-hybridized carbons (Fsp3) is 0.375. The van der Waals surface area contributed by atoms with Gasteiger partial charge in [0, 0.05) is 23.7 Å². The fourth-order valence-electron chi connectivity index (χ4n) is 0.914. The number of aromatic nitrogens is 1. The summed E-state index contributed by atoms with van der Waals surface area (Å²) in [6, 6.07) is 3.05. The van der Waals surface area contributed by atoms with Gasteiger partial charge in [-0.25, -0.2) is 0 Å². The van der Waals surface area contributed by atoms with Crippen LogP contribution in [0.1, 0.15) is 12.1 Å². The fourth-order valence-corrected chi connectivity index (χ4v) is 1.46. The molecule has 0 fully saturated rings. The zero-order valence-electron chi connectivity index (χ0n) is 6.67. The first-order chi connectivity index (χ1) is 6.08. The average Bonchev–Trinajstić information content (AvgIpc) is 2.04. The Hall–Kier alpha value is -0.550. The molecule has 1 N–H and O–H groups in total. The van der Waals surface area contributed by atoms with Gasteiger partial charge < -0.3 is 5.11 Å². The van der Waals surface area contributed by atoms with E-state index in [2.05, 4.69) is 20.9 Å². The van der Waals surface area contributed by atoms with Crippen molar-refractivity contribution in [2.75, 3.05) is 6.61 Å². The average molecular weight is 252 g/mol. The second-order valence-electron chi connectivity index (χ2n) is 2.51. The van der Waals surface area contributed by atoms with Crippen LogP contribution < -0.4 is 0 Å². The molecular weight excluding hydrogens is 244 g/mol. The van der Waals surface area contributed by atoms with E-state index in [1.54, 1.807) is 6.07 Å². The van der Waals surface area contributed by atoms with E-state index in [4.69, 9.17) is 5.11 Å². The number of alkyl halides is 2. The topological polar surface area (TPSA) is 33.1 Å². The molecule has 0 saturated carbocycles. The summed E-state index contributed by atoms with van der Waals surface area (Å²) < 4.78 is 26.6. The monoisotopic (exact) mass is 251 g/mol. The van der Waals surface area contributed by atoms with Gasteiger partial charge in [0.2, 0.25) is 0 Å². The molecule has 0 aromatic carbocycles. The quantitative estimate of drug-likeness (QED) is 0.895. The van der Waals surface area contributed by atoms with E-state index in [1.807, 2.05) is 0 Å². The summed E-state index contributed by atoms with van der Waals surface area (Å²) >= 11 is 2.98. The molecule has 1 aromatic rings. The van der Waals surface area contributed by atoms with Crippen molar-refractivity contribution in [2.24, 2.45) is 0 Å². The predicted molar refractivity (Wildman–Crippen MR) is 47.5 cm³/mol. The molecule has 0 aliphatic rings. The first-order valence-electron chi connectivity index (χ1n) is 3.67. The van der Waals surface area contributed by atoms with E-state index < -0.39 is 19.0 Å². The van der Waals surface area contributed by atoms with Crippen LogP contribution in [0.5, 0.6) is 0 Å². The number of aliphatic hydroxyl groups excluding tert-OH is 1. The standard InChI is InChI=1S/C8H8BrF2NO/c9-6-2-1-4-12-7(6)8(10,11)3-5-13/h1-2,4,13H,3,5H2. The maximum Gasteiger partial charge on any atom is 0.293 e. The molecule has 0 aliphatic carbocycles. The van der Waals surface area contributed by atoms with Crippen molar-refractivity contribution in [1.29, 1.82) is 0 Å². The van der Waals surface area contributed by atoms with E-state index >= 15 is 0 Å². The van der Waals surface area contributed by atoms with Crippen molar-refractivity contribution in [1.82, 2.24) is 4.98 Å². The van der Waals surface area contributed by atoms with Crippen LogP contribution in [0, 0.1) is 0 Å². The smallest absolute Gasteiger partial charge is 0.293 e. The van der Waals surface area contributed by atoms with E-state index in [-0.39, 0.29) is 10.2 Å². The molecule has 0 aliphatic heterocycles. The van der Waals surface area contributed by atoms with Crippen LogP contribution >= 0.6 is 15.9 Å². The maximum atomic E-state index is 13.2. The third kappa shape index (κ3) is 2.45. The van der Waals surface area contributed by atoms with Crippen molar-refractivity contribution in [3.8, 4) is 0 Å². The van der Waals surface area contributed by atoms with Gasteiger partial charge in [-0.1, -0.05) is 0 Å². The molecule has 0 bridgehead atoms. The Labute approximate surface area is 82.7 Å². The molecule has 2 nitrogen and oxygen atoms in total. The van der Waals surface area contributed by atoms with Crippen molar-refractivity contribution in [2.45, 2.75) is 12.3 Å². The van der Waals surface area contributed by atoms with Gasteiger partial charge in [0.05, 0.1) is 0 Å². The van der Waals surface area contributed by atoms with E-state index in [0.717, 1.165) is 0 Å². The highest BCUT2D eigenvalue weighted by molar-refractivity contribution is 9.10. The lowest BCUT2D eigenvalue weighted by Gasteiger charge is -2.15. The number of hydrogen-bond donors (Lipinski definition) is 1. The zero-order valence-corrected chi connectivity index (χ0v) is 8.26. The zero-order chi connectivity index (χ0) is 9.90. The molecule has 72 valence electrons. The SMILES string of the molecule is OCCC(F)(F)c1ncccc1Br. The van der Waals surface area contributed by atoms with Gasteiger partial charge in [0.15, 0.2) is 0 Å². The Balaban J connectivity index is 2.99. The minimum atomic E-state index is -3.07. The van der Waals surface area contributed by atoms with Crippen molar-refractivity contribution < 1.29 is 13.9 Å². The van der Waals surface area contributed by atoms with Crippen molar-refractivity contribution >= 4 is 15.9 Å². The number of pyridine rings is 1. The highest BCUT2D eigenvalue weighted by Gasteiger charge is 2.34. The third-order valence-electron chi connectivity index (χ3n) is 1.53.